The number of piperazine rings is 1. The highest BCUT2D eigenvalue weighted by molar-refractivity contribution is 5.95. The van der Waals surface area contributed by atoms with Crippen LogP contribution in [-0.4, -0.2) is 58.7 Å². The number of rotatable bonds is 5. The second-order valence-corrected chi connectivity index (χ2v) is 9.09. The van der Waals surface area contributed by atoms with Gasteiger partial charge in [0.15, 0.2) is 0 Å². The summed E-state index contributed by atoms with van der Waals surface area (Å²) in [7, 11) is 0. The number of aromatic amines is 1. The molecule has 1 aliphatic rings. The first-order valence-corrected chi connectivity index (χ1v) is 11.3. The molecule has 1 unspecified atom stereocenters. The van der Waals surface area contributed by atoms with Crippen molar-refractivity contribution in [3.05, 3.63) is 70.7 Å². The van der Waals surface area contributed by atoms with E-state index in [-0.39, 0.29) is 44.4 Å². The zero-order valence-electron chi connectivity index (χ0n) is 19.5. The summed E-state index contributed by atoms with van der Waals surface area (Å²) in [5, 5.41) is 0.537. The van der Waals surface area contributed by atoms with Crippen LogP contribution in [0, 0.1) is 5.82 Å². The summed E-state index contributed by atoms with van der Waals surface area (Å²) in [5.41, 5.74) is -2.66. The summed E-state index contributed by atoms with van der Waals surface area (Å²) >= 11 is 0. The van der Waals surface area contributed by atoms with Crippen LogP contribution in [0.15, 0.2) is 42.6 Å². The summed E-state index contributed by atoms with van der Waals surface area (Å²) in [6, 6.07) is 4.19. The summed E-state index contributed by atoms with van der Waals surface area (Å²) in [6.45, 7) is 1.79. The first kappa shape index (κ1) is 26.6. The van der Waals surface area contributed by atoms with Crippen molar-refractivity contribution in [1.29, 1.82) is 0 Å². The normalized spacial score (nSPS) is 17.4. The molecular formula is C25H22F7N3O2. The van der Waals surface area contributed by atoms with E-state index in [1.807, 2.05) is 0 Å². The monoisotopic (exact) mass is 529 g/mol. The molecule has 1 saturated heterocycles. The van der Waals surface area contributed by atoms with E-state index in [9.17, 15) is 40.3 Å². The number of nitrogens with zero attached hydrogens (tertiary/aromatic N) is 2. The Bertz CT molecular complexity index is 1300. The molecule has 5 nitrogen and oxygen atoms in total. The zero-order valence-corrected chi connectivity index (χ0v) is 19.5. The lowest BCUT2D eigenvalue weighted by Crippen LogP contribution is -2.56. The van der Waals surface area contributed by atoms with Crippen molar-refractivity contribution < 1.29 is 40.3 Å². The van der Waals surface area contributed by atoms with Gasteiger partial charge >= 0.3 is 12.4 Å². The smallest absolute Gasteiger partial charge is 0.361 e. The standard InChI is InChI=1S/C25H22F7N3O2/c1-14(36)12-34-4-5-35(20(13-34)8-16-11-33-22-3-2-19(26)10-21(16)22)23(37)15-6-17(24(27,28)29)9-18(7-15)25(30,31)32/h2-3,6-7,9-11,20,33H,4-5,8,12-13H2,1H3. The van der Waals surface area contributed by atoms with E-state index in [1.54, 1.807) is 11.1 Å². The number of hydrogen-bond acceptors (Lipinski definition) is 3. The predicted molar refractivity (Wildman–Crippen MR) is 120 cm³/mol. The van der Waals surface area contributed by atoms with Gasteiger partial charge in [-0.2, -0.15) is 26.3 Å². The van der Waals surface area contributed by atoms with Gasteiger partial charge in [0, 0.05) is 48.3 Å². The topological polar surface area (TPSA) is 56.4 Å². The first-order valence-electron chi connectivity index (χ1n) is 11.3. The minimum Gasteiger partial charge on any atom is -0.361 e. The molecule has 1 N–H and O–H groups in total. The van der Waals surface area contributed by atoms with E-state index in [1.165, 1.54) is 30.0 Å². The third-order valence-corrected chi connectivity index (χ3v) is 6.29. The molecule has 2 aromatic carbocycles. The molecule has 0 radical (unpaired) electrons. The Morgan fingerprint density at radius 3 is 2.22 bits per heavy atom. The van der Waals surface area contributed by atoms with Crippen molar-refractivity contribution in [2.45, 2.75) is 31.7 Å². The fraction of sp³-hybridized carbons (Fsp3) is 0.360. The highest BCUT2D eigenvalue weighted by Gasteiger charge is 2.39. The number of alkyl halides is 6. The van der Waals surface area contributed by atoms with Crippen LogP contribution in [0.2, 0.25) is 0 Å². The summed E-state index contributed by atoms with van der Waals surface area (Å²) < 4.78 is 94.0. The quantitative estimate of drug-likeness (QED) is 0.457. The van der Waals surface area contributed by atoms with Crippen LogP contribution in [0.5, 0.6) is 0 Å². The fourth-order valence-electron chi connectivity index (χ4n) is 4.64. The molecule has 1 aromatic heterocycles. The molecule has 0 aliphatic carbocycles. The molecule has 198 valence electrons. The Balaban J connectivity index is 1.71. The number of hydrogen-bond donors (Lipinski definition) is 1. The molecule has 1 amide bonds. The number of carbonyl (C=O) groups is 2. The number of carbonyl (C=O) groups excluding carboxylic acids is 2. The van der Waals surface area contributed by atoms with Gasteiger partial charge in [0.05, 0.1) is 17.7 Å². The molecule has 37 heavy (non-hydrogen) atoms. The molecule has 2 heterocycles. The summed E-state index contributed by atoms with van der Waals surface area (Å²) in [6.07, 6.45) is -8.44. The molecule has 1 aliphatic heterocycles. The average Bonchev–Trinajstić information content (AvgIpc) is 3.18. The van der Waals surface area contributed by atoms with Crippen molar-refractivity contribution in [1.82, 2.24) is 14.8 Å². The Morgan fingerprint density at radius 1 is 0.973 bits per heavy atom. The first-order chi connectivity index (χ1) is 17.2. The predicted octanol–water partition coefficient (Wildman–Crippen LogP) is 5.30. The molecule has 0 saturated carbocycles. The number of nitrogens with one attached hydrogen (secondary N) is 1. The van der Waals surface area contributed by atoms with E-state index in [2.05, 4.69) is 4.98 Å². The fourth-order valence-corrected chi connectivity index (χ4v) is 4.64. The minimum absolute atomic E-state index is 0.0227. The summed E-state index contributed by atoms with van der Waals surface area (Å²) in [5.74, 6) is -1.62. The second-order valence-electron chi connectivity index (χ2n) is 9.09. The Morgan fingerprint density at radius 2 is 1.62 bits per heavy atom. The molecular weight excluding hydrogens is 507 g/mol. The molecule has 12 heteroatoms. The van der Waals surface area contributed by atoms with Crippen LogP contribution in [0.3, 0.4) is 0 Å². The maximum atomic E-state index is 13.9. The number of amides is 1. The second kappa shape index (κ2) is 9.81. The number of H-pyrrole nitrogens is 1. The van der Waals surface area contributed by atoms with Gasteiger partial charge < -0.3 is 9.88 Å². The van der Waals surface area contributed by atoms with Gasteiger partial charge in [-0.3, -0.25) is 14.5 Å². The summed E-state index contributed by atoms with van der Waals surface area (Å²) in [4.78, 5) is 31.0. The van der Waals surface area contributed by atoms with Gasteiger partial charge in [-0.05, 0) is 55.3 Å². The molecule has 1 fully saturated rings. The SMILES string of the molecule is CC(=O)CN1CCN(C(=O)c2cc(C(F)(F)F)cc(C(F)(F)F)c2)C(Cc2c[nH]c3ccc(F)cc23)C1. The van der Waals surface area contributed by atoms with Gasteiger partial charge in [0.25, 0.3) is 5.91 Å². The Labute approximate surface area is 206 Å². The lowest BCUT2D eigenvalue weighted by atomic mass is 9.98. The van der Waals surface area contributed by atoms with Crippen LogP contribution >= 0.6 is 0 Å². The van der Waals surface area contributed by atoms with Gasteiger partial charge in [0.2, 0.25) is 0 Å². The van der Waals surface area contributed by atoms with Gasteiger partial charge in [0.1, 0.15) is 11.6 Å². The third kappa shape index (κ3) is 5.95. The molecule has 0 spiro atoms. The van der Waals surface area contributed by atoms with Gasteiger partial charge in [-0.25, -0.2) is 4.39 Å². The van der Waals surface area contributed by atoms with Crippen LogP contribution in [0.25, 0.3) is 10.9 Å². The zero-order chi connectivity index (χ0) is 27.1. The van der Waals surface area contributed by atoms with Gasteiger partial charge in [-0.1, -0.05) is 0 Å². The largest absolute Gasteiger partial charge is 0.416 e. The number of Topliss-reactive ketones (excluding diaryl/α,β-unsaturated/α-hetero) is 1. The maximum absolute atomic E-state index is 13.9. The van der Waals surface area contributed by atoms with Crippen LogP contribution < -0.4 is 0 Å². The van der Waals surface area contributed by atoms with Crippen molar-refractivity contribution >= 4 is 22.6 Å². The number of halogens is 7. The number of fused-ring (bicyclic) bond motifs is 1. The maximum Gasteiger partial charge on any atom is 0.416 e. The van der Waals surface area contributed by atoms with Crippen molar-refractivity contribution in [3.63, 3.8) is 0 Å². The van der Waals surface area contributed by atoms with E-state index in [0.717, 1.165) is 0 Å². The van der Waals surface area contributed by atoms with E-state index in [4.69, 9.17) is 0 Å². The Hall–Kier alpha value is -3.41. The highest BCUT2D eigenvalue weighted by Crippen LogP contribution is 2.37. The lowest BCUT2D eigenvalue weighted by molar-refractivity contribution is -0.143. The van der Waals surface area contributed by atoms with E-state index >= 15 is 0 Å². The van der Waals surface area contributed by atoms with Crippen molar-refractivity contribution in [3.8, 4) is 0 Å². The molecule has 1 atom stereocenters. The third-order valence-electron chi connectivity index (χ3n) is 6.29. The van der Waals surface area contributed by atoms with Crippen LogP contribution in [-0.2, 0) is 23.6 Å². The Kier molecular flexibility index (Phi) is 7.06. The number of benzene rings is 2. The van der Waals surface area contributed by atoms with Gasteiger partial charge in [-0.15, -0.1) is 0 Å². The van der Waals surface area contributed by atoms with E-state index in [0.29, 0.717) is 28.6 Å². The minimum atomic E-state index is -5.09. The van der Waals surface area contributed by atoms with Crippen molar-refractivity contribution in [2.75, 3.05) is 26.2 Å². The van der Waals surface area contributed by atoms with Crippen LogP contribution in [0.1, 0.15) is 34.0 Å². The highest BCUT2D eigenvalue weighted by atomic mass is 19.4. The molecule has 0 bridgehead atoms. The number of aromatic nitrogens is 1. The van der Waals surface area contributed by atoms with Crippen LogP contribution in [0.4, 0.5) is 30.7 Å². The number of ketones is 1. The lowest BCUT2D eigenvalue weighted by Gasteiger charge is -2.41. The molecule has 4 rings (SSSR count). The van der Waals surface area contributed by atoms with E-state index < -0.39 is 46.8 Å². The van der Waals surface area contributed by atoms with Crippen molar-refractivity contribution in [2.24, 2.45) is 0 Å². The molecule has 3 aromatic rings. The average molecular weight is 529 g/mol.